The number of allylic oxidation sites excluding steroid dienone is 2. The molecule has 0 radical (unpaired) electrons. The van der Waals surface area contributed by atoms with Crippen LogP contribution in [-0.4, -0.2) is 34.1 Å². The van der Waals surface area contributed by atoms with Crippen molar-refractivity contribution in [2.75, 3.05) is 6.61 Å². The zero-order chi connectivity index (χ0) is 15.1. The average molecular weight is 284 g/mol. The molecule has 0 saturated carbocycles. The van der Waals surface area contributed by atoms with Crippen LogP contribution in [0.25, 0.3) is 0 Å². The van der Waals surface area contributed by atoms with Gasteiger partial charge in [-0.25, -0.2) is 0 Å². The molecule has 20 heavy (non-hydrogen) atoms. The summed E-state index contributed by atoms with van der Waals surface area (Å²) in [5, 5.41) is 27.4. The van der Waals surface area contributed by atoms with Gasteiger partial charge in [0, 0.05) is 6.42 Å². The maximum Gasteiger partial charge on any atom is 0.0795 e. The zero-order valence-corrected chi connectivity index (χ0v) is 12.7. The monoisotopic (exact) mass is 284 g/mol. The van der Waals surface area contributed by atoms with E-state index in [0.717, 1.165) is 12.8 Å². The summed E-state index contributed by atoms with van der Waals surface area (Å²) < 4.78 is 0. The molecule has 0 unspecified atom stereocenters. The SMILES string of the molecule is C=CCCCCCCCCC=CC[C@@H](O)C[C@@H](O)CO. The Kier molecular flexibility index (Phi) is 14.3. The quantitative estimate of drug-likeness (QED) is 0.339. The van der Waals surface area contributed by atoms with Crippen LogP contribution in [0.5, 0.6) is 0 Å². The fraction of sp³-hybridized carbons (Fsp3) is 0.765. The van der Waals surface area contributed by atoms with E-state index in [1.54, 1.807) is 0 Å². The van der Waals surface area contributed by atoms with Crippen molar-refractivity contribution in [2.24, 2.45) is 0 Å². The Bertz CT molecular complexity index is 238. The second-order valence-corrected chi connectivity index (χ2v) is 5.42. The zero-order valence-electron chi connectivity index (χ0n) is 12.7. The van der Waals surface area contributed by atoms with Gasteiger partial charge in [0.2, 0.25) is 0 Å². The van der Waals surface area contributed by atoms with Gasteiger partial charge in [-0.1, -0.05) is 43.9 Å². The smallest absolute Gasteiger partial charge is 0.0795 e. The molecule has 0 spiro atoms. The third-order valence-corrected chi connectivity index (χ3v) is 3.36. The largest absolute Gasteiger partial charge is 0.394 e. The summed E-state index contributed by atoms with van der Waals surface area (Å²) in [6.45, 7) is 3.43. The molecular formula is C17H32O3. The molecule has 118 valence electrons. The van der Waals surface area contributed by atoms with Crippen LogP contribution in [0.1, 0.15) is 64.2 Å². The molecule has 3 nitrogen and oxygen atoms in total. The molecule has 0 aromatic carbocycles. The van der Waals surface area contributed by atoms with E-state index in [1.807, 2.05) is 12.2 Å². The maximum absolute atomic E-state index is 9.56. The average Bonchev–Trinajstić information content (AvgIpc) is 2.44. The first-order chi connectivity index (χ1) is 9.70. The van der Waals surface area contributed by atoms with E-state index in [4.69, 9.17) is 10.2 Å². The lowest BCUT2D eigenvalue weighted by molar-refractivity contribution is 0.0428. The van der Waals surface area contributed by atoms with Crippen molar-refractivity contribution < 1.29 is 15.3 Å². The Balaban J connectivity index is 3.29. The van der Waals surface area contributed by atoms with E-state index in [-0.39, 0.29) is 13.0 Å². The fourth-order valence-corrected chi connectivity index (χ4v) is 2.11. The Labute approximate surface area is 124 Å². The number of aliphatic hydroxyl groups is 3. The van der Waals surface area contributed by atoms with Gasteiger partial charge in [-0.3, -0.25) is 0 Å². The first-order valence-corrected chi connectivity index (χ1v) is 7.93. The Morgan fingerprint density at radius 3 is 2.00 bits per heavy atom. The van der Waals surface area contributed by atoms with Gasteiger partial charge in [-0.2, -0.15) is 0 Å². The molecule has 3 heteroatoms. The number of unbranched alkanes of at least 4 members (excludes halogenated alkanes) is 7. The van der Waals surface area contributed by atoms with Crippen LogP contribution in [0.2, 0.25) is 0 Å². The molecule has 0 fully saturated rings. The summed E-state index contributed by atoms with van der Waals surface area (Å²) in [4.78, 5) is 0. The minimum absolute atomic E-state index is 0.242. The maximum atomic E-state index is 9.56. The summed E-state index contributed by atoms with van der Waals surface area (Å²) in [6, 6.07) is 0. The van der Waals surface area contributed by atoms with Crippen LogP contribution in [-0.2, 0) is 0 Å². The van der Waals surface area contributed by atoms with E-state index < -0.39 is 12.2 Å². The Morgan fingerprint density at radius 1 is 0.800 bits per heavy atom. The van der Waals surface area contributed by atoms with Crippen LogP contribution >= 0.6 is 0 Å². The fourth-order valence-electron chi connectivity index (χ4n) is 2.11. The first kappa shape index (κ1) is 19.4. The highest BCUT2D eigenvalue weighted by atomic mass is 16.3. The van der Waals surface area contributed by atoms with Gasteiger partial charge in [0.05, 0.1) is 18.8 Å². The van der Waals surface area contributed by atoms with Crippen molar-refractivity contribution in [3.63, 3.8) is 0 Å². The van der Waals surface area contributed by atoms with Gasteiger partial charge in [-0.15, -0.1) is 6.58 Å². The molecule has 0 bridgehead atoms. The van der Waals surface area contributed by atoms with Crippen molar-refractivity contribution in [2.45, 2.75) is 76.4 Å². The third-order valence-electron chi connectivity index (χ3n) is 3.36. The van der Waals surface area contributed by atoms with Gasteiger partial charge >= 0.3 is 0 Å². The van der Waals surface area contributed by atoms with Crippen molar-refractivity contribution in [3.05, 3.63) is 24.8 Å². The predicted octanol–water partition coefficient (Wildman–Crippen LogP) is 3.34. The lowest BCUT2D eigenvalue weighted by atomic mass is 10.1. The Morgan fingerprint density at radius 2 is 1.40 bits per heavy atom. The molecule has 0 aliphatic carbocycles. The van der Waals surface area contributed by atoms with Crippen LogP contribution < -0.4 is 0 Å². The lowest BCUT2D eigenvalue weighted by Gasteiger charge is -2.11. The summed E-state index contributed by atoms with van der Waals surface area (Å²) in [5.41, 5.74) is 0. The van der Waals surface area contributed by atoms with Crippen LogP contribution in [0.15, 0.2) is 24.8 Å². The highest BCUT2D eigenvalue weighted by Crippen LogP contribution is 2.09. The van der Waals surface area contributed by atoms with Crippen molar-refractivity contribution >= 4 is 0 Å². The highest BCUT2D eigenvalue weighted by molar-refractivity contribution is 4.84. The standard InChI is InChI=1S/C17H32O3/c1-2-3-4-5-6-7-8-9-10-11-12-13-16(19)14-17(20)15-18/h2,11-12,16-20H,1,3-10,13-15H2/t16-,17-/m1/s1. The van der Waals surface area contributed by atoms with Crippen molar-refractivity contribution in [3.8, 4) is 0 Å². The minimum atomic E-state index is -0.806. The summed E-state index contributed by atoms with van der Waals surface area (Å²) in [7, 11) is 0. The summed E-state index contributed by atoms with van der Waals surface area (Å²) in [6.07, 6.45) is 15.3. The molecule has 0 amide bonds. The second-order valence-electron chi connectivity index (χ2n) is 5.42. The van der Waals surface area contributed by atoms with Crippen LogP contribution in [0.3, 0.4) is 0 Å². The molecule has 0 rings (SSSR count). The molecule has 0 aliphatic rings. The highest BCUT2D eigenvalue weighted by Gasteiger charge is 2.08. The number of aliphatic hydroxyl groups excluding tert-OH is 3. The van der Waals surface area contributed by atoms with Gasteiger partial charge in [0.1, 0.15) is 0 Å². The van der Waals surface area contributed by atoms with Gasteiger partial charge in [0.25, 0.3) is 0 Å². The number of hydrogen-bond acceptors (Lipinski definition) is 3. The number of rotatable bonds is 14. The molecule has 3 N–H and O–H groups in total. The molecule has 0 heterocycles. The molecular weight excluding hydrogens is 252 g/mol. The van der Waals surface area contributed by atoms with E-state index in [0.29, 0.717) is 6.42 Å². The van der Waals surface area contributed by atoms with E-state index in [2.05, 4.69) is 12.7 Å². The van der Waals surface area contributed by atoms with Crippen molar-refractivity contribution in [1.29, 1.82) is 0 Å². The molecule has 0 aromatic heterocycles. The van der Waals surface area contributed by atoms with Gasteiger partial charge < -0.3 is 15.3 Å². The van der Waals surface area contributed by atoms with E-state index in [9.17, 15) is 5.11 Å². The minimum Gasteiger partial charge on any atom is -0.394 e. The summed E-state index contributed by atoms with van der Waals surface area (Å²) >= 11 is 0. The molecule has 0 aliphatic heterocycles. The van der Waals surface area contributed by atoms with Gasteiger partial charge in [0.15, 0.2) is 0 Å². The van der Waals surface area contributed by atoms with Crippen LogP contribution in [0.4, 0.5) is 0 Å². The molecule has 2 atom stereocenters. The second kappa shape index (κ2) is 14.8. The Hall–Kier alpha value is -0.640. The number of hydrogen-bond donors (Lipinski definition) is 3. The third kappa shape index (κ3) is 13.8. The predicted molar refractivity (Wildman–Crippen MR) is 84.6 cm³/mol. The molecule has 0 saturated heterocycles. The normalized spacial score (nSPS) is 14.6. The van der Waals surface area contributed by atoms with Crippen molar-refractivity contribution in [1.82, 2.24) is 0 Å². The van der Waals surface area contributed by atoms with Gasteiger partial charge in [-0.05, 0) is 32.1 Å². The summed E-state index contributed by atoms with van der Waals surface area (Å²) in [5.74, 6) is 0. The lowest BCUT2D eigenvalue weighted by Crippen LogP contribution is -2.20. The van der Waals surface area contributed by atoms with Crippen LogP contribution in [0, 0.1) is 0 Å². The first-order valence-electron chi connectivity index (χ1n) is 7.93. The van der Waals surface area contributed by atoms with E-state index >= 15 is 0 Å². The van der Waals surface area contributed by atoms with E-state index in [1.165, 1.54) is 38.5 Å². The topological polar surface area (TPSA) is 60.7 Å². The molecule has 0 aromatic rings.